The summed E-state index contributed by atoms with van der Waals surface area (Å²) in [5.41, 5.74) is 1.86. The number of piperidine rings is 1. The minimum atomic E-state index is -0.0212. The van der Waals surface area contributed by atoms with Crippen molar-refractivity contribution in [1.29, 1.82) is 0 Å². The summed E-state index contributed by atoms with van der Waals surface area (Å²) in [6, 6.07) is 7.89. The third kappa shape index (κ3) is 5.71. The Kier molecular flexibility index (Phi) is 7.71. The molecule has 28 heavy (non-hydrogen) atoms. The van der Waals surface area contributed by atoms with Gasteiger partial charge in [-0.1, -0.05) is 25.0 Å². The largest absolute Gasteiger partial charge is 0.351 e. The Bertz CT molecular complexity index is 656. The fraction of sp³-hybridized carbons (Fsp3) is 0.636. The van der Waals surface area contributed by atoms with E-state index in [4.69, 9.17) is 0 Å². The number of carbonyl (C=O) groups is 2. The molecule has 2 saturated heterocycles. The van der Waals surface area contributed by atoms with Crippen LogP contribution < -0.4 is 10.6 Å². The van der Waals surface area contributed by atoms with Crippen molar-refractivity contribution in [3.63, 3.8) is 0 Å². The number of hydrogen-bond donors (Lipinski definition) is 2. The van der Waals surface area contributed by atoms with Gasteiger partial charge in [-0.25, -0.2) is 4.79 Å². The van der Waals surface area contributed by atoms with E-state index in [0.717, 1.165) is 44.6 Å². The normalized spacial score (nSPS) is 21.0. The minimum Gasteiger partial charge on any atom is -0.351 e. The first-order valence-electron chi connectivity index (χ1n) is 10.7. The van der Waals surface area contributed by atoms with Crippen LogP contribution in [-0.4, -0.2) is 68.1 Å². The molecule has 2 aliphatic heterocycles. The molecule has 154 valence electrons. The van der Waals surface area contributed by atoms with Crippen LogP contribution >= 0.6 is 0 Å². The SMILES string of the molecule is CNC(=O)N1CCCC(c2cccc(C(=O)NCCN3CCCCCC3)c2)C1. The molecular formula is C22H34N4O2. The lowest BCUT2D eigenvalue weighted by molar-refractivity contribution is 0.0948. The molecule has 2 fully saturated rings. The van der Waals surface area contributed by atoms with Gasteiger partial charge in [-0.05, 0) is 56.5 Å². The summed E-state index contributed by atoms with van der Waals surface area (Å²) in [7, 11) is 1.67. The Morgan fingerprint density at radius 3 is 2.61 bits per heavy atom. The summed E-state index contributed by atoms with van der Waals surface area (Å²) < 4.78 is 0. The minimum absolute atomic E-state index is 0.00404. The predicted molar refractivity (Wildman–Crippen MR) is 112 cm³/mol. The van der Waals surface area contributed by atoms with E-state index in [2.05, 4.69) is 21.6 Å². The van der Waals surface area contributed by atoms with Crippen molar-refractivity contribution in [2.75, 3.05) is 46.3 Å². The Morgan fingerprint density at radius 2 is 1.86 bits per heavy atom. The lowest BCUT2D eigenvalue weighted by Crippen LogP contribution is -2.43. The van der Waals surface area contributed by atoms with Gasteiger partial charge in [0.2, 0.25) is 0 Å². The standard InChI is InChI=1S/C22H34N4O2/c1-23-22(28)26-14-7-10-20(17-26)18-8-6-9-19(16-18)21(27)24-11-15-25-12-4-2-3-5-13-25/h6,8-9,16,20H,2-5,7,10-15,17H2,1H3,(H,23,28)(H,24,27). The van der Waals surface area contributed by atoms with E-state index >= 15 is 0 Å². The summed E-state index contributed by atoms with van der Waals surface area (Å²) in [6.07, 6.45) is 7.23. The summed E-state index contributed by atoms with van der Waals surface area (Å²) in [4.78, 5) is 28.9. The van der Waals surface area contributed by atoms with Crippen LogP contribution in [0.15, 0.2) is 24.3 Å². The van der Waals surface area contributed by atoms with E-state index in [1.54, 1.807) is 7.05 Å². The van der Waals surface area contributed by atoms with Crippen molar-refractivity contribution in [1.82, 2.24) is 20.4 Å². The van der Waals surface area contributed by atoms with Gasteiger partial charge in [-0.15, -0.1) is 0 Å². The van der Waals surface area contributed by atoms with Crippen molar-refractivity contribution in [2.45, 2.75) is 44.4 Å². The van der Waals surface area contributed by atoms with Crippen molar-refractivity contribution >= 4 is 11.9 Å². The average molecular weight is 387 g/mol. The van der Waals surface area contributed by atoms with E-state index in [0.29, 0.717) is 18.7 Å². The number of nitrogens with one attached hydrogen (secondary N) is 2. The highest BCUT2D eigenvalue weighted by atomic mass is 16.2. The first-order valence-corrected chi connectivity index (χ1v) is 10.7. The second-order valence-electron chi connectivity index (χ2n) is 7.98. The molecule has 3 rings (SSSR count). The number of rotatable bonds is 5. The quantitative estimate of drug-likeness (QED) is 0.818. The molecule has 1 atom stereocenters. The highest BCUT2D eigenvalue weighted by Gasteiger charge is 2.24. The zero-order valence-corrected chi connectivity index (χ0v) is 17.1. The van der Waals surface area contributed by atoms with E-state index < -0.39 is 0 Å². The molecule has 1 unspecified atom stereocenters. The number of benzene rings is 1. The van der Waals surface area contributed by atoms with Gasteiger partial charge in [0, 0.05) is 44.7 Å². The third-order valence-electron chi connectivity index (χ3n) is 5.95. The van der Waals surface area contributed by atoms with Gasteiger partial charge in [-0.3, -0.25) is 4.79 Å². The van der Waals surface area contributed by atoms with Gasteiger partial charge in [0.15, 0.2) is 0 Å². The molecule has 0 spiro atoms. The molecule has 3 amide bonds. The maximum Gasteiger partial charge on any atom is 0.317 e. The zero-order valence-electron chi connectivity index (χ0n) is 17.1. The van der Waals surface area contributed by atoms with Crippen molar-refractivity contribution < 1.29 is 9.59 Å². The van der Waals surface area contributed by atoms with Gasteiger partial charge < -0.3 is 20.4 Å². The number of amides is 3. The van der Waals surface area contributed by atoms with E-state index in [-0.39, 0.29) is 17.9 Å². The summed E-state index contributed by atoms with van der Waals surface area (Å²) >= 11 is 0. The van der Waals surface area contributed by atoms with Crippen LogP contribution in [0.3, 0.4) is 0 Å². The maximum absolute atomic E-state index is 12.6. The Labute approximate surface area is 168 Å². The van der Waals surface area contributed by atoms with Gasteiger partial charge in [-0.2, -0.15) is 0 Å². The van der Waals surface area contributed by atoms with Crippen LogP contribution in [0.4, 0.5) is 4.79 Å². The first kappa shape index (κ1) is 20.6. The van der Waals surface area contributed by atoms with E-state index in [1.165, 1.54) is 25.7 Å². The number of nitrogens with zero attached hydrogens (tertiary/aromatic N) is 2. The molecule has 0 aliphatic carbocycles. The van der Waals surface area contributed by atoms with Crippen LogP contribution in [0.5, 0.6) is 0 Å². The monoisotopic (exact) mass is 386 g/mol. The molecule has 2 N–H and O–H groups in total. The lowest BCUT2D eigenvalue weighted by Gasteiger charge is -2.32. The highest BCUT2D eigenvalue weighted by Crippen LogP contribution is 2.27. The van der Waals surface area contributed by atoms with Crippen molar-refractivity contribution in [2.24, 2.45) is 0 Å². The number of carbonyl (C=O) groups excluding carboxylic acids is 2. The first-order chi connectivity index (χ1) is 13.7. The van der Waals surface area contributed by atoms with Crippen LogP contribution in [0, 0.1) is 0 Å². The van der Waals surface area contributed by atoms with Gasteiger partial charge in [0.25, 0.3) is 5.91 Å². The van der Waals surface area contributed by atoms with Crippen LogP contribution in [0.1, 0.15) is 60.4 Å². The van der Waals surface area contributed by atoms with Crippen molar-refractivity contribution in [3.05, 3.63) is 35.4 Å². The molecule has 0 aromatic heterocycles. The molecule has 2 heterocycles. The molecule has 6 nitrogen and oxygen atoms in total. The number of hydrogen-bond acceptors (Lipinski definition) is 3. The second kappa shape index (κ2) is 10.5. The molecule has 0 radical (unpaired) electrons. The second-order valence-corrected chi connectivity index (χ2v) is 7.98. The van der Waals surface area contributed by atoms with Crippen molar-refractivity contribution in [3.8, 4) is 0 Å². The summed E-state index contributed by atoms with van der Waals surface area (Å²) in [5, 5.41) is 5.79. The molecule has 1 aromatic carbocycles. The molecular weight excluding hydrogens is 352 g/mol. The molecule has 0 saturated carbocycles. The molecule has 0 bridgehead atoms. The average Bonchev–Trinajstić information content (AvgIpc) is 3.02. The Balaban J connectivity index is 1.53. The third-order valence-corrected chi connectivity index (χ3v) is 5.95. The maximum atomic E-state index is 12.6. The molecule has 2 aliphatic rings. The van der Waals surface area contributed by atoms with Gasteiger partial charge in [0.1, 0.15) is 0 Å². The Hall–Kier alpha value is -2.08. The smallest absolute Gasteiger partial charge is 0.317 e. The Morgan fingerprint density at radius 1 is 1.07 bits per heavy atom. The van der Waals surface area contributed by atoms with E-state index in [9.17, 15) is 9.59 Å². The van der Waals surface area contributed by atoms with Crippen LogP contribution in [0.25, 0.3) is 0 Å². The topological polar surface area (TPSA) is 64.7 Å². The summed E-state index contributed by atoms with van der Waals surface area (Å²) in [5.74, 6) is 0.284. The predicted octanol–water partition coefficient (Wildman–Crippen LogP) is 2.81. The molecule has 1 aromatic rings. The number of urea groups is 1. The van der Waals surface area contributed by atoms with Gasteiger partial charge >= 0.3 is 6.03 Å². The lowest BCUT2D eigenvalue weighted by atomic mass is 9.89. The van der Waals surface area contributed by atoms with Crippen LogP contribution in [0.2, 0.25) is 0 Å². The zero-order chi connectivity index (χ0) is 19.8. The van der Waals surface area contributed by atoms with E-state index in [1.807, 2.05) is 23.1 Å². The fourth-order valence-corrected chi connectivity index (χ4v) is 4.32. The molecule has 6 heteroatoms. The van der Waals surface area contributed by atoms with Gasteiger partial charge in [0.05, 0.1) is 0 Å². The fourth-order valence-electron chi connectivity index (χ4n) is 4.32. The summed E-state index contributed by atoms with van der Waals surface area (Å²) in [6.45, 7) is 5.42. The number of likely N-dealkylation sites (tertiary alicyclic amines) is 2. The highest BCUT2D eigenvalue weighted by molar-refractivity contribution is 5.94. The van der Waals surface area contributed by atoms with Crippen LogP contribution in [-0.2, 0) is 0 Å².